The molecule has 1 atom stereocenters. The molecule has 2 aromatic carbocycles. The van der Waals surface area contributed by atoms with Gasteiger partial charge in [0.25, 0.3) is 5.91 Å². The lowest BCUT2D eigenvalue weighted by atomic mass is 10.0. The third kappa shape index (κ3) is 2.89. The number of carbonyl (C=O) groups excluding carboxylic acids is 2. The summed E-state index contributed by atoms with van der Waals surface area (Å²) in [6.45, 7) is 4.15. The smallest absolute Gasteiger partial charge is 0.255 e. The van der Waals surface area contributed by atoms with E-state index in [-0.39, 0.29) is 23.4 Å². The van der Waals surface area contributed by atoms with Crippen molar-refractivity contribution in [1.82, 2.24) is 4.90 Å². The maximum Gasteiger partial charge on any atom is 0.255 e. The highest BCUT2D eigenvalue weighted by Crippen LogP contribution is 2.27. The van der Waals surface area contributed by atoms with E-state index < -0.39 is 11.9 Å². The number of nitrogens with zero attached hydrogens (tertiary/aromatic N) is 1. The first-order valence-electron chi connectivity index (χ1n) is 7.93. The van der Waals surface area contributed by atoms with Gasteiger partial charge in [0.05, 0.1) is 5.69 Å². The zero-order valence-corrected chi connectivity index (χ0v) is 13.6. The third-order valence-corrected chi connectivity index (χ3v) is 4.22. The van der Waals surface area contributed by atoms with Crippen LogP contribution < -0.4 is 5.32 Å². The fourth-order valence-electron chi connectivity index (χ4n) is 3.07. The molecule has 5 heteroatoms. The average Bonchev–Trinajstić information content (AvgIpc) is 2.87. The van der Waals surface area contributed by atoms with Gasteiger partial charge in [0.15, 0.2) is 0 Å². The number of rotatable bonds is 4. The monoisotopic (exact) mass is 326 g/mol. The molecule has 0 fully saturated rings. The van der Waals surface area contributed by atoms with Crippen molar-refractivity contribution >= 4 is 17.5 Å². The molecule has 0 bridgehead atoms. The van der Waals surface area contributed by atoms with Crippen molar-refractivity contribution in [1.29, 1.82) is 0 Å². The summed E-state index contributed by atoms with van der Waals surface area (Å²) >= 11 is 0. The lowest BCUT2D eigenvalue weighted by Crippen LogP contribution is -2.47. The first kappa shape index (κ1) is 16.2. The van der Waals surface area contributed by atoms with E-state index in [0.717, 1.165) is 5.56 Å². The van der Waals surface area contributed by atoms with Gasteiger partial charge in [-0.1, -0.05) is 44.2 Å². The molecular formula is C19H19FN2O2. The molecule has 1 unspecified atom stereocenters. The van der Waals surface area contributed by atoms with Crippen LogP contribution in [0.2, 0.25) is 0 Å². The number of carbonyl (C=O) groups is 2. The number of nitrogens with one attached hydrogen (secondary N) is 1. The van der Waals surface area contributed by atoms with Gasteiger partial charge in [0.2, 0.25) is 5.91 Å². The van der Waals surface area contributed by atoms with Crippen molar-refractivity contribution in [2.24, 2.45) is 5.92 Å². The Kier molecular flexibility index (Phi) is 4.34. The first-order valence-corrected chi connectivity index (χ1v) is 7.93. The molecule has 1 aliphatic heterocycles. The van der Waals surface area contributed by atoms with E-state index in [9.17, 15) is 14.0 Å². The molecule has 0 saturated heterocycles. The fraction of sp³-hybridized carbons (Fsp3) is 0.263. The standard InChI is InChI=1S/C19H19FN2O2/c1-12(2)17(18(23)21-16-10-6-5-9-15(16)20)22-11-13-7-3-4-8-14(13)19(22)24/h3-10,12,17H,11H2,1-2H3,(H,21,23). The molecule has 1 aliphatic rings. The molecule has 4 nitrogen and oxygen atoms in total. The van der Waals surface area contributed by atoms with Crippen LogP contribution in [0.5, 0.6) is 0 Å². The van der Waals surface area contributed by atoms with E-state index in [1.165, 1.54) is 12.1 Å². The zero-order chi connectivity index (χ0) is 17.3. The summed E-state index contributed by atoms with van der Waals surface area (Å²) in [6.07, 6.45) is 0. The van der Waals surface area contributed by atoms with Gasteiger partial charge in [0.1, 0.15) is 11.9 Å². The van der Waals surface area contributed by atoms with Crippen LogP contribution in [0.15, 0.2) is 48.5 Å². The van der Waals surface area contributed by atoms with Gasteiger partial charge in [-0.05, 0) is 29.7 Å². The summed E-state index contributed by atoms with van der Waals surface area (Å²) in [5.41, 5.74) is 1.66. The SMILES string of the molecule is CC(C)C(C(=O)Nc1ccccc1F)N1Cc2ccccc2C1=O. The average molecular weight is 326 g/mol. The summed E-state index contributed by atoms with van der Waals surface area (Å²) < 4.78 is 13.8. The molecule has 1 heterocycles. The maximum absolute atomic E-state index is 13.8. The van der Waals surface area contributed by atoms with Crippen molar-refractivity contribution in [3.05, 3.63) is 65.5 Å². The molecule has 0 aliphatic carbocycles. The van der Waals surface area contributed by atoms with E-state index in [1.54, 1.807) is 23.1 Å². The Balaban J connectivity index is 1.85. The maximum atomic E-state index is 13.8. The van der Waals surface area contributed by atoms with Crippen molar-refractivity contribution in [3.8, 4) is 0 Å². The van der Waals surface area contributed by atoms with Gasteiger partial charge >= 0.3 is 0 Å². The van der Waals surface area contributed by atoms with Crippen LogP contribution >= 0.6 is 0 Å². The normalized spacial score (nSPS) is 14.7. The van der Waals surface area contributed by atoms with Crippen molar-refractivity contribution in [2.75, 3.05) is 5.32 Å². The molecule has 0 spiro atoms. The van der Waals surface area contributed by atoms with Gasteiger partial charge in [-0.15, -0.1) is 0 Å². The van der Waals surface area contributed by atoms with Gasteiger partial charge in [-0.2, -0.15) is 0 Å². The number of hydrogen-bond donors (Lipinski definition) is 1. The molecule has 0 radical (unpaired) electrons. The van der Waals surface area contributed by atoms with Crippen LogP contribution in [0.1, 0.15) is 29.8 Å². The van der Waals surface area contributed by atoms with Crippen LogP contribution in [0.4, 0.5) is 10.1 Å². The Bertz CT molecular complexity index is 788. The van der Waals surface area contributed by atoms with Gasteiger partial charge < -0.3 is 10.2 Å². The minimum atomic E-state index is -0.662. The van der Waals surface area contributed by atoms with Crippen LogP contribution in [0.25, 0.3) is 0 Å². The molecule has 2 aromatic rings. The Morgan fingerprint density at radius 3 is 2.46 bits per heavy atom. The second-order valence-corrected chi connectivity index (χ2v) is 6.25. The number of hydrogen-bond acceptors (Lipinski definition) is 2. The van der Waals surface area contributed by atoms with E-state index in [2.05, 4.69) is 5.32 Å². The minimum absolute atomic E-state index is 0.102. The van der Waals surface area contributed by atoms with E-state index in [4.69, 9.17) is 0 Å². The molecule has 2 amide bonds. The predicted octanol–water partition coefficient (Wildman–Crippen LogP) is 3.44. The second kappa shape index (κ2) is 6.43. The van der Waals surface area contributed by atoms with E-state index in [1.807, 2.05) is 32.0 Å². The zero-order valence-electron chi connectivity index (χ0n) is 13.6. The summed E-state index contributed by atoms with van der Waals surface area (Å²) in [7, 11) is 0. The van der Waals surface area contributed by atoms with Crippen molar-refractivity contribution in [3.63, 3.8) is 0 Å². The Hall–Kier alpha value is -2.69. The molecular weight excluding hydrogens is 307 g/mol. The lowest BCUT2D eigenvalue weighted by Gasteiger charge is -2.30. The molecule has 24 heavy (non-hydrogen) atoms. The topological polar surface area (TPSA) is 49.4 Å². The van der Waals surface area contributed by atoms with Crippen LogP contribution in [0, 0.1) is 11.7 Å². The predicted molar refractivity (Wildman–Crippen MR) is 90.0 cm³/mol. The van der Waals surface area contributed by atoms with Crippen molar-refractivity contribution < 1.29 is 14.0 Å². The van der Waals surface area contributed by atoms with Crippen molar-refractivity contribution in [2.45, 2.75) is 26.4 Å². The Labute approximate surface area is 140 Å². The molecule has 3 rings (SSSR count). The number of amides is 2. The lowest BCUT2D eigenvalue weighted by molar-refractivity contribution is -0.122. The molecule has 124 valence electrons. The number of para-hydroxylation sites is 1. The number of halogens is 1. The second-order valence-electron chi connectivity index (χ2n) is 6.25. The van der Waals surface area contributed by atoms with Crippen LogP contribution in [0.3, 0.4) is 0 Å². The minimum Gasteiger partial charge on any atom is -0.322 e. The van der Waals surface area contributed by atoms with E-state index in [0.29, 0.717) is 12.1 Å². The van der Waals surface area contributed by atoms with Crippen LogP contribution in [-0.2, 0) is 11.3 Å². The Morgan fingerprint density at radius 1 is 1.12 bits per heavy atom. The fourth-order valence-corrected chi connectivity index (χ4v) is 3.07. The summed E-state index contributed by atoms with van der Waals surface area (Å²) in [5.74, 6) is -1.14. The van der Waals surface area contributed by atoms with Gasteiger partial charge in [0, 0.05) is 12.1 Å². The summed E-state index contributed by atoms with van der Waals surface area (Å²) in [4.78, 5) is 26.9. The Morgan fingerprint density at radius 2 is 1.79 bits per heavy atom. The van der Waals surface area contributed by atoms with E-state index >= 15 is 0 Å². The molecule has 1 N–H and O–H groups in total. The van der Waals surface area contributed by atoms with Gasteiger partial charge in [-0.3, -0.25) is 9.59 Å². The third-order valence-electron chi connectivity index (χ3n) is 4.22. The number of anilines is 1. The quantitative estimate of drug-likeness (QED) is 0.935. The first-order chi connectivity index (χ1) is 11.5. The highest BCUT2D eigenvalue weighted by atomic mass is 19.1. The molecule has 0 aromatic heterocycles. The van der Waals surface area contributed by atoms with Crippen LogP contribution in [-0.4, -0.2) is 22.8 Å². The molecule has 0 saturated carbocycles. The highest BCUT2D eigenvalue weighted by molar-refractivity contribution is 6.03. The summed E-state index contributed by atoms with van der Waals surface area (Å²) in [5, 5.41) is 2.61. The number of benzene rings is 2. The largest absolute Gasteiger partial charge is 0.322 e. The summed E-state index contributed by atoms with van der Waals surface area (Å²) in [6, 6.07) is 12.7. The van der Waals surface area contributed by atoms with Gasteiger partial charge in [-0.25, -0.2) is 4.39 Å². The highest BCUT2D eigenvalue weighted by Gasteiger charge is 2.38. The number of fused-ring (bicyclic) bond motifs is 1.